The molecule has 16 heavy (non-hydrogen) atoms. The van der Waals surface area contributed by atoms with E-state index in [9.17, 15) is 0 Å². The summed E-state index contributed by atoms with van der Waals surface area (Å²) in [5, 5.41) is 8.70. The Bertz CT molecular complexity index is 231. The van der Waals surface area contributed by atoms with E-state index in [1.807, 2.05) is 0 Å². The Balaban J connectivity index is 4.11. The molecule has 0 aliphatic carbocycles. The molecule has 0 fully saturated rings. The highest BCUT2D eigenvalue weighted by atomic mass is 16.5. The average Bonchev–Trinajstić information content (AvgIpc) is 1.97. The molecule has 0 heterocycles. The van der Waals surface area contributed by atoms with Gasteiger partial charge in [0.15, 0.2) is 0 Å². The molecule has 96 valence electrons. The van der Waals surface area contributed by atoms with Crippen molar-refractivity contribution in [3.63, 3.8) is 0 Å². The van der Waals surface area contributed by atoms with Crippen molar-refractivity contribution < 1.29 is 4.74 Å². The topological polar surface area (TPSA) is 34.0 Å². The SMILES string of the molecule is CC(C)(C)N=NC(C)(C)CCOC(C)(C)C. The predicted molar refractivity (Wildman–Crippen MR) is 69.0 cm³/mol. The number of hydrogen-bond donors (Lipinski definition) is 0. The van der Waals surface area contributed by atoms with Gasteiger partial charge in [-0.25, -0.2) is 0 Å². The van der Waals surface area contributed by atoms with Crippen LogP contribution in [0.25, 0.3) is 0 Å². The quantitative estimate of drug-likeness (QED) is 0.663. The van der Waals surface area contributed by atoms with Crippen LogP contribution >= 0.6 is 0 Å². The Kier molecular flexibility index (Phi) is 5.12. The minimum atomic E-state index is -0.140. The first-order valence-corrected chi connectivity index (χ1v) is 5.99. The maximum Gasteiger partial charge on any atom is 0.0782 e. The van der Waals surface area contributed by atoms with Gasteiger partial charge < -0.3 is 4.74 Å². The van der Waals surface area contributed by atoms with E-state index in [1.54, 1.807) is 0 Å². The van der Waals surface area contributed by atoms with E-state index in [0.29, 0.717) is 0 Å². The molecule has 0 rings (SSSR count). The number of hydrogen-bond acceptors (Lipinski definition) is 3. The zero-order valence-corrected chi connectivity index (χ0v) is 12.2. The van der Waals surface area contributed by atoms with E-state index in [1.165, 1.54) is 0 Å². The van der Waals surface area contributed by atoms with Crippen LogP contribution in [0.1, 0.15) is 61.8 Å². The van der Waals surface area contributed by atoms with Crippen molar-refractivity contribution >= 4 is 0 Å². The summed E-state index contributed by atoms with van der Waals surface area (Å²) in [7, 11) is 0. The van der Waals surface area contributed by atoms with E-state index in [4.69, 9.17) is 4.74 Å². The second-order valence-corrected chi connectivity index (χ2v) is 6.89. The Morgan fingerprint density at radius 1 is 0.812 bits per heavy atom. The standard InChI is InChI=1S/C13H28N2O/c1-11(2,3)14-15-13(7,8)9-10-16-12(4,5)6/h9-10H2,1-8H3. The molecular formula is C13H28N2O. The Morgan fingerprint density at radius 2 is 1.31 bits per heavy atom. The van der Waals surface area contributed by atoms with Gasteiger partial charge in [0.1, 0.15) is 0 Å². The zero-order chi connectivity index (χ0) is 13.0. The van der Waals surface area contributed by atoms with Crippen molar-refractivity contribution in [3.05, 3.63) is 0 Å². The summed E-state index contributed by atoms with van der Waals surface area (Å²) in [5.74, 6) is 0. The molecule has 0 N–H and O–H groups in total. The highest BCUT2D eigenvalue weighted by Crippen LogP contribution is 2.19. The van der Waals surface area contributed by atoms with Crippen LogP contribution in [0.3, 0.4) is 0 Å². The van der Waals surface area contributed by atoms with Crippen molar-refractivity contribution in [2.75, 3.05) is 6.61 Å². The lowest BCUT2D eigenvalue weighted by molar-refractivity contribution is -0.00973. The van der Waals surface area contributed by atoms with Crippen molar-refractivity contribution in [2.45, 2.75) is 78.5 Å². The molecule has 0 aromatic heterocycles. The van der Waals surface area contributed by atoms with Gasteiger partial charge in [0, 0.05) is 6.61 Å². The summed E-state index contributed by atoms with van der Waals surface area (Å²) in [6.07, 6.45) is 0.893. The molecule has 3 nitrogen and oxygen atoms in total. The smallest absolute Gasteiger partial charge is 0.0782 e. The minimum Gasteiger partial charge on any atom is -0.376 e. The van der Waals surface area contributed by atoms with Gasteiger partial charge in [-0.1, -0.05) is 0 Å². The predicted octanol–water partition coefficient (Wildman–Crippen LogP) is 4.22. The van der Waals surface area contributed by atoms with Gasteiger partial charge in [0.2, 0.25) is 0 Å². The number of rotatable bonds is 4. The van der Waals surface area contributed by atoms with Gasteiger partial charge in [-0.15, -0.1) is 0 Å². The van der Waals surface area contributed by atoms with E-state index in [-0.39, 0.29) is 16.7 Å². The molecular weight excluding hydrogens is 200 g/mol. The molecule has 0 bridgehead atoms. The molecule has 0 saturated heterocycles. The molecule has 0 aromatic rings. The van der Waals surface area contributed by atoms with Gasteiger partial charge in [0.25, 0.3) is 0 Å². The molecule has 0 radical (unpaired) electrons. The Morgan fingerprint density at radius 3 is 1.69 bits per heavy atom. The van der Waals surface area contributed by atoms with Crippen LogP contribution in [-0.2, 0) is 4.74 Å². The second kappa shape index (κ2) is 5.26. The minimum absolute atomic E-state index is 0.0722. The third-order valence-electron chi connectivity index (χ3n) is 1.87. The molecule has 3 heteroatoms. The highest BCUT2D eigenvalue weighted by molar-refractivity contribution is 4.78. The molecule has 0 aromatic carbocycles. The fourth-order valence-electron chi connectivity index (χ4n) is 0.942. The molecule has 0 saturated carbocycles. The van der Waals surface area contributed by atoms with Gasteiger partial charge in [-0.05, 0) is 61.8 Å². The lowest BCUT2D eigenvalue weighted by Crippen LogP contribution is -2.25. The van der Waals surface area contributed by atoms with Crippen LogP contribution in [-0.4, -0.2) is 23.3 Å². The van der Waals surface area contributed by atoms with Gasteiger partial charge in [-0.2, -0.15) is 10.2 Å². The summed E-state index contributed by atoms with van der Waals surface area (Å²) < 4.78 is 5.70. The van der Waals surface area contributed by atoms with Crippen LogP contribution in [0.5, 0.6) is 0 Å². The average molecular weight is 228 g/mol. The van der Waals surface area contributed by atoms with Crippen LogP contribution in [0.2, 0.25) is 0 Å². The third-order valence-corrected chi connectivity index (χ3v) is 1.87. The summed E-state index contributed by atoms with van der Waals surface area (Å²) in [6, 6.07) is 0. The van der Waals surface area contributed by atoms with Crippen molar-refractivity contribution in [1.82, 2.24) is 0 Å². The first-order chi connectivity index (χ1) is 6.91. The summed E-state index contributed by atoms with van der Waals surface area (Å²) in [5.41, 5.74) is -0.308. The van der Waals surface area contributed by atoms with Gasteiger partial charge in [-0.3, -0.25) is 0 Å². The zero-order valence-electron chi connectivity index (χ0n) is 12.2. The van der Waals surface area contributed by atoms with Gasteiger partial charge >= 0.3 is 0 Å². The molecule has 0 unspecified atom stereocenters. The van der Waals surface area contributed by atoms with Crippen molar-refractivity contribution in [1.29, 1.82) is 0 Å². The van der Waals surface area contributed by atoms with Crippen LogP contribution < -0.4 is 0 Å². The lowest BCUT2D eigenvalue weighted by atomic mass is 10.0. The fraction of sp³-hybridized carbons (Fsp3) is 1.00. The first kappa shape index (κ1) is 15.6. The molecule has 0 aliphatic rings. The van der Waals surface area contributed by atoms with Crippen LogP contribution in [0.15, 0.2) is 10.2 Å². The second-order valence-electron chi connectivity index (χ2n) is 6.89. The third kappa shape index (κ3) is 10.1. The largest absolute Gasteiger partial charge is 0.376 e. The Hall–Kier alpha value is -0.440. The first-order valence-electron chi connectivity index (χ1n) is 5.99. The molecule has 0 amide bonds. The maximum atomic E-state index is 5.70. The Labute approximate surface area is 101 Å². The number of azo groups is 1. The summed E-state index contributed by atoms with van der Waals surface area (Å²) in [6.45, 7) is 17.3. The van der Waals surface area contributed by atoms with E-state index >= 15 is 0 Å². The monoisotopic (exact) mass is 228 g/mol. The lowest BCUT2D eigenvalue weighted by Gasteiger charge is -2.24. The number of nitrogens with zero attached hydrogens (tertiary/aromatic N) is 2. The van der Waals surface area contributed by atoms with E-state index in [0.717, 1.165) is 13.0 Å². The number of ether oxygens (including phenoxy) is 1. The maximum absolute atomic E-state index is 5.70. The fourth-order valence-corrected chi connectivity index (χ4v) is 0.942. The van der Waals surface area contributed by atoms with Crippen molar-refractivity contribution in [2.24, 2.45) is 10.2 Å². The summed E-state index contributed by atoms with van der Waals surface area (Å²) in [4.78, 5) is 0. The van der Waals surface area contributed by atoms with Crippen LogP contribution in [0.4, 0.5) is 0 Å². The summed E-state index contributed by atoms with van der Waals surface area (Å²) >= 11 is 0. The van der Waals surface area contributed by atoms with Gasteiger partial charge in [0.05, 0.1) is 16.7 Å². The molecule has 0 atom stereocenters. The molecule has 0 spiro atoms. The normalized spacial score (nSPS) is 14.8. The van der Waals surface area contributed by atoms with E-state index in [2.05, 4.69) is 65.6 Å². The van der Waals surface area contributed by atoms with Crippen LogP contribution in [0, 0.1) is 0 Å². The van der Waals surface area contributed by atoms with E-state index < -0.39 is 0 Å². The highest BCUT2D eigenvalue weighted by Gasteiger charge is 2.20. The van der Waals surface area contributed by atoms with Crippen molar-refractivity contribution in [3.8, 4) is 0 Å². The molecule has 0 aliphatic heterocycles.